The number of aryl methyl sites for hydroxylation is 2. The van der Waals surface area contributed by atoms with E-state index in [2.05, 4.69) is 16.4 Å². The van der Waals surface area contributed by atoms with Crippen LogP contribution in [0, 0.1) is 19.7 Å². The number of thiazole rings is 1. The van der Waals surface area contributed by atoms with Crippen LogP contribution in [0.2, 0.25) is 0 Å². The van der Waals surface area contributed by atoms with Gasteiger partial charge in [0.15, 0.2) is 5.13 Å². The van der Waals surface area contributed by atoms with Crippen molar-refractivity contribution in [2.24, 2.45) is 0 Å². The van der Waals surface area contributed by atoms with Crippen molar-refractivity contribution in [1.82, 2.24) is 4.98 Å². The highest BCUT2D eigenvalue weighted by atomic mass is 32.1. The summed E-state index contributed by atoms with van der Waals surface area (Å²) in [4.78, 5) is 16.9. The minimum absolute atomic E-state index is 0.130. The van der Waals surface area contributed by atoms with E-state index in [0.717, 1.165) is 22.9 Å². The fourth-order valence-electron chi connectivity index (χ4n) is 2.58. The van der Waals surface area contributed by atoms with E-state index < -0.39 is 11.7 Å². The molecule has 2 aromatic carbocycles. The maximum atomic E-state index is 13.4. The first kappa shape index (κ1) is 17.1. The Bertz CT molecular complexity index is 937. The quantitative estimate of drug-likeness (QED) is 0.729. The molecule has 0 bridgehead atoms. The van der Waals surface area contributed by atoms with Crippen molar-refractivity contribution in [2.75, 3.05) is 12.4 Å². The van der Waals surface area contributed by atoms with Crippen molar-refractivity contribution in [2.45, 2.75) is 13.8 Å². The number of benzene rings is 2. The van der Waals surface area contributed by atoms with Crippen molar-refractivity contribution in [3.8, 4) is 17.0 Å². The zero-order valence-electron chi connectivity index (χ0n) is 14.1. The van der Waals surface area contributed by atoms with Gasteiger partial charge in [0.2, 0.25) is 0 Å². The first-order chi connectivity index (χ1) is 12.0. The molecule has 4 nitrogen and oxygen atoms in total. The molecule has 128 valence electrons. The molecule has 0 saturated carbocycles. The molecular weight excluding hydrogens is 339 g/mol. The van der Waals surface area contributed by atoms with Crippen molar-refractivity contribution < 1.29 is 13.9 Å². The van der Waals surface area contributed by atoms with Crippen LogP contribution >= 0.6 is 11.3 Å². The molecule has 0 aliphatic rings. The molecule has 0 radical (unpaired) electrons. The fraction of sp³-hybridized carbons (Fsp3) is 0.158. The van der Waals surface area contributed by atoms with Crippen molar-refractivity contribution in [1.29, 1.82) is 0 Å². The molecule has 3 aromatic rings. The second-order valence-electron chi connectivity index (χ2n) is 5.66. The molecule has 1 amide bonds. The number of carbonyl (C=O) groups excluding carboxylic acids is 1. The summed E-state index contributed by atoms with van der Waals surface area (Å²) in [5.41, 5.74) is 4.25. The molecule has 0 fully saturated rings. The van der Waals surface area contributed by atoms with Crippen molar-refractivity contribution in [3.05, 3.63) is 64.3 Å². The Morgan fingerprint density at radius 1 is 1.20 bits per heavy atom. The highest BCUT2D eigenvalue weighted by Gasteiger charge is 2.16. The van der Waals surface area contributed by atoms with Crippen molar-refractivity contribution >= 4 is 22.4 Å². The number of halogens is 1. The summed E-state index contributed by atoms with van der Waals surface area (Å²) in [5, 5.41) is 5.04. The summed E-state index contributed by atoms with van der Waals surface area (Å²) in [6.07, 6.45) is 0. The summed E-state index contributed by atoms with van der Waals surface area (Å²) in [5.74, 6) is -0.649. The van der Waals surface area contributed by atoms with Crippen LogP contribution in [0.4, 0.5) is 9.52 Å². The normalized spacial score (nSPS) is 10.6. The van der Waals surface area contributed by atoms with Gasteiger partial charge in [0.1, 0.15) is 11.6 Å². The van der Waals surface area contributed by atoms with E-state index in [0.29, 0.717) is 10.9 Å². The number of aromatic nitrogens is 1. The Morgan fingerprint density at radius 2 is 2.00 bits per heavy atom. The first-order valence-electron chi connectivity index (χ1n) is 7.66. The molecule has 3 rings (SSSR count). The smallest absolute Gasteiger partial charge is 0.261 e. The molecule has 0 unspecified atom stereocenters. The number of nitrogens with one attached hydrogen (secondary N) is 1. The van der Waals surface area contributed by atoms with Gasteiger partial charge in [-0.3, -0.25) is 10.1 Å². The van der Waals surface area contributed by atoms with Gasteiger partial charge in [0, 0.05) is 10.9 Å². The van der Waals surface area contributed by atoms with Crippen LogP contribution in [0.3, 0.4) is 0 Å². The summed E-state index contributed by atoms with van der Waals surface area (Å²) < 4.78 is 18.6. The predicted molar refractivity (Wildman–Crippen MR) is 97.9 cm³/mol. The van der Waals surface area contributed by atoms with Gasteiger partial charge in [-0.1, -0.05) is 23.8 Å². The second kappa shape index (κ2) is 7.03. The van der Waals surface area contributed by atoms with E-state index in [9.17, 15) is 9.18 Å². The Labute approximate surface area is 149 Å². The molecule has 6 heteroatoms. The molecule has 25 heavy (non-hydrogen) atoms. The molecular formula is C19H17FN2O2S. The van der Waals surface area contributed by atoms with Crippen LogP contribution in [0.15, 0.2) is 41.8 Å². The number of amides is 1. The number of rotatable bonds is 4. The summed E-state index contributed by atoms with van der Waals surface area (Å²) in [7, 11) is 1.44. The van der Waals surface area contributed by atoms with Gasteiger partial charge in [-0.2, -0.15) is 0 Å². The average molecular weight is 356 g/mol. The third-order valence-electron chi connectivity index (χ3n) is 3.79. The minimum Gasteiger partial charge on any atom is -0.496 e. The van der Waals surface area contributed by atoms with Gasteiger partial charge in [-0.05, 0) is 37.6 Å². The van der Waals surface area contributed by atoms with Crippen LogP contribution in [0.25, 0.3) is 11.3 Å². The SMILES string of the molecule is COc1ccc(F)cc1C(=O)Nc1nc(-c2ccc(C)cc2C)cs1. The van der Waals surface area contributed by atoms with Crippen LogP contribution < -0.4 is 10.1 Å². The van der Waals surface area contributed by atoms with E-state index in [1.54, 1.807) is 0 Å². The number of nitrogens with zero attached hydrogens (tertiary/aromatic N) is 1. The van der Waals surface area contributed by atoms with Gasteiger partial charge in [-0.25, -0.2) is 9.37 Å². The number of methoxy groups -OCH3 is 1. The molecule has 0 saturated heterocycles. The van der Waals surface area contributed by atoms with Gasteiger partial charge >= 0.3 is 0 Å². The Kier molecular flexibility index (Phi) is 4.81. The van der Waals surface area contributed by atoms with Crippen molar-refractivity contribution in [3.63, 3.8) is 0 Å². The van der Waals surface area contributed by atoms with Gasteiger partial charge in [0.25, 0.3) is 5.91 Å². The zero-order valence-corrected chi connectivity index (χ0v) is 14.9. The van der Waals surface area contributed by atoms with E-state index in [-0.39, 0.29) is 5.56 Å². The van der Waals surface area contributed by atoms with Gasteiger partial charge in [-0.15, -0.1) is 11.3 Å². The second-order valence-corrected chi connectivity index (χ2v) is 6.51. The Balaban J connectivity index is 1.84. The molecule has 1 N–H and O–H groups in total. The lowest BCUT2D eigenvalue weighted by Gasteiger charge is -2.08. The summed E-state index contributed by atoms with van der Waals surface area (Å²) >= 11 is 1.32. The van der Waals surface area contributed by atoms with Crippen LogP contribution in [-0.4, -0.2) is 18.0 Å². The molecule has 1 heterocycles. The largest absolute Gasteiger partial charge is 0.496 e. The van der Waals surface area contributed by atoms with Crippen LogP contribution in [0.5, 0.6) is 5.75 Å². The number of anilines is 1. The maximum absolute atomic E-state index is 13.4. The standard InChI is InChI=1S/C19H17FN2O2S/c1-11-4-6-14(12(2)8-11)16-10-25-19(21-16)22-18(23)15-9-13(20)5-7-17(15)24-3/h4-10H,1-3H3,(H,21,22,23). The average Bonchev–Trinajstić information content (AvgIpc) is 3.02. The summed E-state index contributed by atoms with van der Waals surface area (Å²) in [6.45, 7) is 4.06. The Morgan fingerprint density at radius 3 is 2.72 bits per heavy atom. The fourth-order valence-corrected chi connectivity index (χ4v) is 3.28. The molecule has 0 aliphatic heterocycles. The van der Waals surface area contributed by atoms with E-state index in [1.807, 2.05) is 31.4 Å². The molecule has 0 spiro atoms. The monoisotopic (exact) mass is 356 g/mol. The lowest BCUT2D eigenvalue weighted by atomic mass is 10.0. The molecule has 0 atom stereocenters. The zero-order chi connectivity index (χ0) is 18.0. The summed E-state index contributed by atoms with van der Waals surface area (Å²) in [6, 6.07) is 9.94. The number of hydrogen-bond donors (Lipinski definition) is 1. The lowest BCUT2D eigenvalue weighted by Crippen LogP contribution is -2.13. The number of hydrogen-bond acceptors (Lipinski definition) is 4. The van der Waals surface area contributed by atoms with Crippen LogP contribution in [-0.2, 0) is 0 Å². The van der Waals surface area contributed by atoms with Gasteiger partial charge < -0.3 is 4.74 Å². The topological polar surface area (TPSA) is 51.2 Å². The highest BCUT2D eigenvalue weighted by molar-refractivity contribution is 7.14. The predicted octanol–water partition coefficient (Wildman–Crippen LogP) is 4.83. The van der Waals surface area contributed by atoms with Gasteiger partial charge in [0.05, 0.1) is 18.4 Å². The van der Waals surface area contributed by atoms with E-state index in [1.165, 1.54) is 36.1 Å². The third-order valence-corrected chi connectivity index (χ3v) is 4.55. The number of carbonyl (C=O) groups is 1. The number of ether oxygens (including phenoxy) is 1. The Hall–Kier alpha value is -2.73. The van der Waals surface area contributed by atoms with E-state index in [4.69, 9.17) is 4.74 Å². The maximum Gasteiger partial charge on any atom is 0.261 e. The van der Waals surface area contributed by atoms with E-state index >= 15 is 0 Å². The third kappa shape index (κ3) is 3.69. The first-order valence-corrected chi connectivity index (χ1v) is 8.54. The molecule has 1 aromatic heterocycles. The van der Waals surface area contributed by atoms with Crippen LogP contribution in [0.1, 0.15) is 21.5 Å². The highest BCUT2D eigenvalue weighted by Crippen LogP contribution is 2.29. The molecule has 0 aliphatic carbocycles. The minimum atomic E-state index is -0.499. The lowest BCUT2D eigenvalue weighted by molar-refractivity contribution is 0.102.